The molecule has 1 atom stereocenters. The maximum absolute atomic E-state index is 13.0. The van der Waals surface area contributed by atoms with Crippen molar-refractivity contribution in [2.45, 2.75) is 37.3 Å². The molecule has 2 N–H and O–H groups in total. The van der Waals surface area contributed by atoms with Gasteiger partial charge in [0.2, 0.25) is 0 Å². The number of aromatic nitrogens is 2. The number of nitrogens with zero attached hydrogens (tertiary/aromatic N) is 2. The molecule has 1 aliphatic heterocycles. The highest BCUT2D eigenvalue weighted by atomic mass is 79.9. The van der Waals surface area contributed by atoms with Crippen LogP contribution in [0.5, 0.6) is 0 Å². The van der Waals surface area contributed by atoms with Gasteiger partial charge in [-0.15, -0.1) is 0 Å². The summed E-state index contributed by atoms with van der Waals surface area (Å²) >= 11 is 9.45. The molecule has 32 heavy (non-hydrogen) atoms. The van der Waals surface area contributed by atoms with Gasteiger partial charge in [-0.05, 0) is 48.2 Å². The first kappa shape index (κ1) is 21.4. The zero-order valence-corrected chi connectivity index (χ0v) is 19.5. The fraction of sp³-hybridized carbons (Fsp3) is 0.292. The lowest BCUT2D eigenvalue weighted by Crippen LogP contribution is -2.42. The average Bonchev–Trinajstić information content (AvgIpc) is 3.60. The predicted octanol–water partition coefficient (Wildman–Crippen LogP) is 3.88. The highest BCUT2D eigenvalue weighted by Gasteiger charge is 2.48. The normalized spacial score (nSPS) is 17.5. The summed E-state index contributed by atoms with van der Waals surface area (Å²) in [6, 6.07) is 14.7. The standard InChI is InChI=1S/C24H21BrClN3O3/c25-16-6-4-15(5-7-16)24(9-10-24)23-27-19-8-11-29(13-18(19)21(31)28-23)22(32)20(30)14-2-1-3-17(26)12-14/h1-7,12,20,30H,8-11,13H2,(H,27,28,31)/t20-/m1/s1. The summed E-state index contributed by atoms with van der Waals surface area (Å²) in [5.41, 5.74) is 2.32. The van der Waals surface area contributed by atoms with E-state index in [2.05, 4.69) is 33.0 Å². The van der Waals surface area contributed by atoms with Crippen molar-refractivity contribution in [3.63, 3.8) is 0 Å². The Morgan fingerprint density at radius 3 is 2.66 bits per heavy atom. The molecule has 1 aliphatic carbocycles. The first-order valence-electron chi connectivity index (χ1n) is 10.5. The van der Waals surface area contributed by atoms with E-state index in [9.17, 15) is 14.7 Å². The predicted molar refractivity (Wildman–Crippen MR) is 125 cm³/mol. The van der Waals surface area contributed by atoms with Crippen LogP contribution in [0.4, 0.5) is 0 Å². The zero-order valence-electron chi connectivity index (χ0n) is 17.1. The van der Waals surface area contributed by atoms with E-state index in [1.807, 2.05) is 12.1 Å². The minimum absolute atomic E-state index is 0.125. The fourth-order valence-electron chi connectivity index (χ4n) is 4.39. The monoisotopic (exact) mass is 513 g/mol. The molecule has 1 saturated carbocycles. The minimum atomic E-state index is -1.33. The summed E-state index contributed by atoms with van der Waals surface area (Å²) in [7, 11) is 0. The van der Waals surface area contributed by atoms with Gasteiger partial charge in [-0.2, -0.15) is 0 Å². The maximum Gasteiger partial charge on any atom is 0.256 e. The summed E-state index contributed by atoms with van der Waals surface area (Å²) in [6.07, 6.45) is 1.02. The SMILES string of the molecule is O=C([C@H](O)c1cccc(Cl)c1)N1CCc2nc(C3(c4ccc(Br)cc4)CC3)[nH]c(=O)c2C1. The van der Waals surface area contributed by atoms with Crippen LogP contribution in [-0.2, 0) is 23.2 Å². The number of fused-ring (bicyclic) bond motifs is 1. The van der Waals surface area contributed by atoms with Crippen LogP contribution in [-0.4, -0.2) is 32.4 Å². The van der Waals surface area contributed by atoms with Gasteiger partial charge >= 0.3 is 0 Å². The number of H-pyrrole nitrogens is 1. The summed E-state index contributed by atoms with van der Waals surface area (Å²) in [6.45, 7) is 0.518. The Kier molecular flexibility index (Phi) is 5.43. The molecular formula is C24H21BrClN3O3. The molecule has 1 aromatic heterocycles. The van der Waals surface area contributed by atoms with Crippen molar-refractivity contribution in [1.29, 1.82) is 0 Å². The maximum atomic E-state index is 13.0. The lowest BCUT2D eigenvalue weighted by Gasteiger charge is -2.30. The lowest BCUT2D eigenvalue weighted by atomic mass is 9.94. The molecule has 8 heteroatoms. The Labute approximate surface area is 198 Å². The van der Waals surface area contributed by atoms with Gasteiger partial charge < -0.3 is 15.0 Å². The fourth-order valence-corrected chi connectivity index (χ4v) is 4.85. The molecule has 0 bridgehead atoms. The van der Waals surface area contributed by atoms with Gasteiger partial charge in [-0.1, -0.05) is 51.8 Å². The number of carbonyl (C=O) groups is 1. The Balaban J connectivity index is 1.40. The van der Waals surface area contributed by atoms with Crippen molar-refractivity contribution in [3.05, 3.63) is 96.6 Å². The van der Waals surface area contributed by atoms with Crippen LogP contribution in [0, 0.1) is 0 Å². The second-order valence-electron chi connectivity index (χ2n) is 8.40. The molecule has 2 heterocycles. The van der Waals surface area contributed by atoms with E-state index in [4.69, 9.17) is 16.6 Å². The lowest BCUT2D eigenvalue weighted by molar-refractivity contribution is -0.141. The Morgan fingerprint density at radius 2 is 1.97 bits per heavy atom. The number of carbonyl (C=O) groups excluding carboxylic acids is 1. The van der Waals surface area contributed by atoms with Crippen molar-refractivity contribution in [1.82, 2.24) is 14.9 Å². The number of nitrogens with one attached hydrogen (secondary N) is 1. The van der Waals surface area contributed by atoms with E-state index in [0.29, 0.717) is 34.9 Å². The summed E-state index contributed by atoms with van der Waals surface area (Å²) in [5, 5.41) is 11.0. The number of benzene rings is 2. The third-order valence-electron chi connectivity index (χ3n) is 6.38. The van der Waals surface area contributed by atoms with Gasteiger partial charge in [0.05, 0.1) is 23.2 Å². The summed E-state index contributed by atoms with van der Waals surface area (Å²) in [5.74, 6) is 0.247. The molecule has 0 radical (unpaired) electrons. The van der Waals surface area contributed by atoms with E-state index in [1.165, 1.54) is 4.90 Å². The van der Waals surface area contributed by atoms with Crippen molar-refractivity contribution >= 4 is 33.4 Å². The molecule has 5 rings (SSSR count). The van der Waals surface area contributed by atoms with Gasteiger partial charge in [0.15, 0.2) is 6.10 Å². The largest absolute Gasteiger partial charge is 0.378 e. The molecule has 0 spiro atoms. The van der Waals surface area contributed by atoms with Crippen LogP contribution >= 0.6 is 27.5 Å². The first-order valence-corrected chi connectivity index (χ1v) is 11.7. The second-order valence-corrected chi connectivity index (χ2v) is 9.75. The molecule has 2 aliphatic rings. The van der Waals surface area contributed by atoms with Crippen LogP contribution in [0.15, 0.2) is 57.8 Å². The van der Waals surface area contributed by atoms with Crippen molar-refractivity contribution in [2.24, 2.45) is 0 Å². The molecule has 3 aromatic rings. The molecule has 6 nitrogen and oxygen atoms in total. The Bertz CT molecular complexity index is 1250. The van der Waals surface area contributed by atoms with Crippen molar-refractivity contribution in [2.75, 3.05) is 6.54 Å². The van der Waals surface area contributed by atoms with Crippen LogP contribution in [0.3, 0.4) is 0 Å². The smallest absolute Gasteiger partial charge is 0.256 e. The molecular weight excluding hydrogens is 494 g/mol. The van der Waals surface area contributed by atoms with E-state index in [-0.39, 0.29) is 17.5 Å². The number of hydrogen-bond acceptors (Lipinski definition) is 4. The Morgan fingerprint density at radius 1 is 1.22 bits per heavy atom. The van der Waals surface area contributed by atoms with E-state index < -0.39 is 12.0 Å². The van der Waals surface area contributed by atoms with Crippen LogP contribution < -0.4 is 5.56 Å². The van der Waals surface area contributed by atoms with Crippen molar-refractivity contribution in [3.8, 4) is 0 Å². The molecule has 164 valence electrons. The highest BCUT2D eigenvalue weighted by molar-refractivity contribution is 9.10. The van der Waals surface area contributed by atoms with Crippen molar-refractivity contribution < 1.29 is 9.90 Å². The third kappa shape index (κ3) is 3.78. The van der Waals surface area contributed by atoms with Crippen LogP contribution in [0.2, 0.25) is 5.02 Å². The Hall–Kier alpha value is -2.48. The highest BCUT2D eigenvalue weighted by Crippen LogP contribution is 2.52. The number of halogens is 2. The van der Waals surface area contributed by atoms with Gasteiger partial charge in [-0.25, -0.2) is 4.98 Å². The molecule has 1 amide bonds. The van der Waals surface area contributed by atoms with Gasteiger partial charge in [0, 0.05) is 22.5 Å². The zero-order chi connectivity index (χ0) is 22.5. The summed E-state index contributed by atoms with van der Waals surface area (Å²) < 4.78 is 1.01. The molecule has 1 fully saturated rings. The number of aromatic amines is 1. The summed E-state index contributed by atoms with van der Waals surface area (Å²) in [4.78, 5) is 35.2. The van der Waals surface area contributed by atoms with Crippen LogP contribution in [0.25, 0.3) is 0 Å². The molecule has 0 saturated heterocycles. The van der Waals surface area contributed by atoms with Gasteiger partial charge in [0.25, 0.3) is 11.5 Å². The van der Waals surface area contributed by atoms with Gasteiger partial charge in [0.1, 0.15) is 5.82 Å². The van der Waals surface area contributed by atoms with E-state index >= 15 is 0 Å². The first-order chi connectivity index (χ1) is 15.4. The molecule has 2 aromatic carbocycles. The third-order valence-corrected chi connectivity index (χ3v) is 7.14. The minimum Gasteiger partial charge on any atom is -0.378 e. The quantitative estimate of drug-likeness (QED) is 0.553. The number of aliphatic hydroxyl groups is 1. The van der Waals surface area contributed by atoms with Crippen LogP contribution in [0.1, 0.15) is 47.2 Å². The van der Waals surface area contributed by atoms with E-state index in [0.717, 1.165) is 28.6 Å². The number of amides is 1. The average molecular weight is 515 g/mol. The topological polar surface area (TPSA) is 86.3 Å². The number of rotatable bonds is 4. The number of hydrogen-bond donors (Lipinski definition) is 2. The number of aliphatic hydroxyl groups excluding tert-OH is 1. The molecule has 0 unspecified atom stereocenters. The second kappa shape index (κ2) is 8.14. The van der Waals surface area contributed by atoms with E-state index in [1.54, 1.807) is 24.3 Å². The van der Waals surface area contributed by atoms with Gasteiger partial charge in [-0.3, -0.25) is 9.59 Å².